The zero-order valence-electron chi connectivity index (χ0n) is 20.3. The highest BCUT2D eigenvalue weighted by molar-refractivity contribution is 5.92. The number of benzene rings is 2. The second-order valence-corrected chi connectivity index (χ2v) is 8.45. The average molecular weight is 509 g/mol. The third-order valence-corrected chi connectivity index (χ3v) is 6.12. The molecule has 1 fully saturated rings. The van der Waals surface area contributed by atoms with Crippen molar-refractivity contribution >= 4 is 17.6 Å². The molecule has 1 aliphatic rings. The molecule has 8 nitrogen and oxygen atoms in total. The van der Waals surface area contributed by atoms with Crippen LogP contribution in [0, 0.1) is 0 Å². The minimum Gasteiger partial charge on any atom is -0.497 e. The molecule has 1 unspecified atom stereocenters. The number of nitrogens with zero attached hydrogens (tertiary/aromatic N) is 3. The number of rotatable bonds is 8. The fraction of sp³-hybridized carbons (Fsp3) is 0.440. The molecule has 0 spiro atoms. The smallest absolute Gasteiger partial charge is 0.471 e. The number of likely N-dealkylation sites (N-methyl/N-ethyl adjacent to an activating group) is 1. The molecule has 3 amide bonds. The number of alkyl halides is 3. The van der Waals surface area contributed by atoms with Gasteiger partial charge in [0, 0.05) is 38.4 Å². The molecule has 1 saturated heterocycles. The van der Waals surface area contributed by atoms with Gasteiger partial charge >= 0.3 is 18.1 Å². The molecule has 0 aromatic heterocycles. The summed E-state index contributed by atoms with van der Waals surface area (Å²) in [5, 5.41) is 11.8. The highest BCUT2D eigenvalue weighted by Gasteiger charge is 2.38. The van der Waals surface area contributed by atoms with Crippen LogP contribution in [0.5, 0.6) is 5.75 Å². The van der Waals surface area contributed by atoms with Crippen LogP contribution in [0.1, 0.15) is 24.2 Å². The summed E-state index contributed by atoms with van der Waals surface area (Å²) < 4.78 is 42.3. The van der Waals surface area contributed by atoms with Crippen molar-refractivity contribution in [3.63, 3.8) is 0 Å². The summed E-state index contributed by atoms with van der Waals surface area (Å²) in [7, 11) is 1.57. The van der Waals surface area contributed by atoms with Crippen LogP contribution in [0.3, 0.4) is 0 Å². The van der Waals surface area contributed by atoms with Gasteiger partial charge in [0.2, 0.25) is 0 Å². The molecule has 2 aromatic carbocycles. The lowest BCUT2D eigenvalue weighted by atomic mass is 10.1. The molecule has 11 heteroatoms. The minimum absolute atomic E-state index is 0.130. The Labute approximate surface area is 208 Å². The molecule has 3 rings (SSSR count). The van der Waals surface area contributed by atoms with Crippen molar-refractivity contribution in [1.82, 2.24) is 15.1 Å². The fourth-order valence-corrected chi connectivity index (χ4v) is 3.89. The van der Waals surface area contributed by atoms with Gasteiger partial charge in [0.1, 0.15) is 5.75 Å². The van der Waals surface area contributed by atoms with Crippen LogP contribution in [-0.2, 0) is 11.3 Å². The quantitative estimate of drug-likeness (QED) is 0.572. The van der Waals surface area contributed by atoms with E-state index in [1.807, 2.05) is 4.90 Å². The van der Waals surface area contributed by atoms with E-state index >= 15 is 0 Å². The zero-order chi connectivity index (χ0) is 26.3. The van der Waals surface area contributed by atoms with E-state index in [0.717, 1.165) is 25.2 Å². The van der Waals surface area contributed by atoms with Gasteiger partial charge in [-0.25, -0.2) is 4.79 Å². The summed E-state index contributed by atoms with van der Waals surface area (Å²) in [6.07, 6.45) is -6.32. The number of carbonyl (C=O) groups is 2. The first kappa shape index (κ1) is 27.3. The molecule has 2 N–H and O–H groups in total. The summed E-state index contributed by atoms with van der Waals surface area (Å²) in [6, 6.07) is 13.6. The largest absolute Gasteiger partial charge is 0.497 e. The number of halogens is 3. The molecule has 0 radical (unpaired) electrons. The van der Waals surface area contributed by atoms with Gasteiger partial charge in [0.15, 0.2) is 0 Å². The van der Waals surface area contributed by atoms with Crippen LogP contribution in [0.25, 0.3) is 0 Å². The number of anilines is 1. The Kier molecular flexibility index (Phi) is 9.16. The number of nitrogens with one attached hydrogen (secondary N) is 1. The van der Waals surface area contributed by atoms with Crippen LogP contribution in [0.4, 0.5) is 23.7 Å². The van der Waals surface area contributed by atoms with E-state index in [1.54, 1.807) is 65.9 Å². The van der Waals surface area contributed by atoms with Gasteiger partial charge in [-0.05, 0) is 41.9 Å². The summed E-state index contributed by atoms with van der Waals surface area (Å²) in [5.41, 5.74) is 1.80. The van der Waals surface area contributed by atoms with Crippen LogP contribution < -0.4 is 15.0 Å². The molecular formula is C25H31F3N4O4. The van der Waals surface area contributed by atoms with Gasteiger partial charge in [-0.1, -0.05) is 31.2 Å². The van der Waals surface area contributed by atoms with E-state index in [-0.39, 0.29) is 12.6 Å². The van der Waals surface area contributed by atoms with Crippen molar-refractivity contribution in [3.05, 3.63) is 59.7 Å². The lowest BCUT2D eigenvalue weighted by Gasteiger charge is -2.37. The van der Waals surface area contributed by atoms with E-state index in [4.69, 9.17) is 4.74 Å². The Morgan fingerprint density at radius 2 is 1.67 bits per heavy atom. The van der Waals surface area contributed by atoms with Crippen molar-refractivity contribution in [1.29, 1.82) is 0 Å². The maximum absolute atomic E-state index is 13.5. The average Bonchev–Trinajstić information content (AvgIpc) is 2.89. The Morgan fingerprint density at radius 3 is 2.19 bits per heavy atom. The number of carbonyl (C=O) groups excluding carboxylic acids is 2. The second-order valence-electron chi connectivity index (χ2n) is 8.45. The number of aliphatic hydroxyl groups is 1. The van der Waals surface area contributed by atoms with Crippen LogP contribution in [0.15, 0.2) is 48.5 Å². The third-order valence-electron chi connectivity index (χ3n) is 6.12. The SMILES string of the molecule is CCN1CCN(C(=O)N(Cc2ccc(C(O)CNC(=O)C(F)(F)F)cc2)c2ccc(OC)cc2)CC1. The molecule has 0 bridgehead atoms. The van der Waals surface area contributed by atoms with Gasteiger partial charge in [-0.15, -0.1) is 0 Å². The van der Waals surface area contributed by atoms with Crippen molar-refractivity contribution in [3.8, 4) is 5.75 Å². The molecule has 196 valence electrons. The van der Waals surface area contributed by atoms with Crippen molar-refractivity contribution < 1.29 is 32.6 Å². The predicted molar refractivity (Wildman–Crippen MR) is 129 cm³/mol. The van der Waals surface area contributed by atoms with E-state index < -0.39 is 24.7 Å². The van der Waals surface area contributed by atoms with Crippen molar-refractivity contribution in [2.24, 2.45) is 0 Å². The van der Waals surface area contributed by atoms with Gasteiger partial charge in [-0.2, -0.15) is 13.2 Å². The van der Waals surface area contributed by atoms with E-state index in [2.05, 4.69) is 11.8 Å². The highest BCUT2D eigenvalue weighted by Crippen LogP contribution is 2.24. The number of aliphatic hydroxyl groups excluding tert-OH is 1. The van der Waals surface area contributed by atoms with E-state index in [9.17, 15) is 27.9 Å². The van der Waals surface area contributed by atoms with Gasteiger partial charge < -0.3 is 25.0 Å². The number of hydrogen-bond acceptors (Lipinski definition) is 5. The Hall–Kier alpha value is -3.31. The molecular weight excluding hydrogens is 477 g/mol. The molecule has 0 aliphatic carbocycles. The van der Waals surface area contributed by atoms with Crippen molar-refractivity contribution in [2.45, 2.75) is 25.7 Å². The zero-order valence-corrected chi connectivity index (χ0v) is 20.3. The highest BCUT2D eigenvalue weighted by atomic mass is 19.4. The maximum atomic E-state index is 13.5. The molecule has 2 aromatic rings. The molecule has 1 atom stereocenters. The first-order chi connectivity index (χ1) is 17.1. The van der Waals surface area contributed by atoms with Crippen LogP contribution >= 0.6 is 0 Å². The van der Waals surface area contributed by atoms with Gasteiger partial charge in [0.25, 0.3) is 0 Å². The monoisotopic (exact) mass is 508 g/mol. The van der Waals surface area contributed by atoms with Crippen LogP contribution in [-0.4, -0.2) is 79.4 Å². The number of urea groups is 1. The Balaban J connectivity index is 1.72. The lowest BCUT2D eigenvalue weighted by Crippen LogP contribution is -2.52. The summed E-state index contributed by atoms with van der Waals surface area (Å²) in [4.78, 5) is 30.2. The lowest BCUT2D eigenvalue weighted by molar-refractivity contribution is -0.174. The molecule has 1 heterocycles. The fourth-order valence-electron chi connectivity index (χ4n) is 3.89. The first-order valence-electron chi connectivity index (χ1n) is 11.7. The molecule has 1 aliphatic heterocycles. The molecule has 36 heavy (non-hydrogen) atoms. The summed E-state index contributed by atoms with van der Waals surface area (Å²) in [6.45, 7) is 5.54. The van der Waals surface area contributed by atoms with E-state index in [1.165, 1.54) is 0 Å². The number of hydrogen-bond donors (Lipinski definition) is 2. The first-order valence-corrected chi connectivity index (χ1v) is 11.7. The maximum Gasteiger partial charge on any atom is 0.471 e. The van der Waals surface area contributed by atoms with Gasteiger partial charge in [-0.3, -0.25) is 9.69 Å². The second kappa shape index (κ2) is 12.1. The normalized spacial score (nSPS) is 15.3. The topological polar surface area (TPSA) is 85.4 Å². The number of ether oxygens (including phenoxy) is 1. The number of piperazine rings is 1. The standard InChI is InChI=1S/C25H31F3N4O4/c1-3-30-12-14-31(15-13-30)24(35)32(20-8-10-21(36-2)11-9-20)17-18-4-6-19(7-5-18)22(33)16-29-23(34)25(26,27)28/h4-11,22,33H,3,12-17H2,1-2H3,(H,29,34). The Bertz CT molecular complexity index is 1010. The van der Waals surface area contributed by atoms with E-state index in [0.29, 0.717) is 30.1 Å². The number of amides is 3. The third kappa shape index (κ3) is 7.11. The molecule has 0 saturated carbocycles. The van der Waals surface area contributed by atoms with Gasteiger partial charge in [0.05, 0.1) is 19.8 Å². The summed E-state index contributed by atoms with van der Waals surface area (Å²) >= 11 is 0. The summed E-state index contributed by atoms with van der Waals surface area (Å²) in [5.74, 6) is -1.44. The minimum atomic E-state index is -5.01. The van der Waals surface area contributed by atoms with Crippen LogP contribution in [0.2, 0.25) is 0 Å². The van der Waals surface area contributed by atoms with Crippen molar-refractivity contribution in [2.75, 3.05) is 51.3 Å². The number of methoxy groups -OCH3 is 1. The Morgan fingerprint density at radius 1 is 1.06 bits per heavy atom. The predicted octanol–water partition coefficient (Wildman–Crippen LogP) is 3.17.